The van der Waals surface area contributed by atoms with Crippen LogP contribution in [0.15, 0.2) is 16.5 Å². The summed E-state index contributed by atoms with van der Waals surface area (Å²) in [4.78, 5) is 2.53. The molecule has 3 heteroatoms. The van der Waals surface area contributed by atoms with Crippen molar-refractivity contribution >= 4 is 0 Å². The van der Waals surface area contributed by atoms with Crippen molar-refractivity contribution < 1.29 is 4.42 Å². The van der Waals surface area contributed by atoms with Gasteiger partial charge in [-0.3, -0.25) is 0 Å². The van der Waals surface area contributed by atoms with Crippen molar-refractivity contribution in [1.82, 2.24) is 10.2 Å². The zero-order chi connectivity index (χ0) is 13.2. The molecule has 3 rings (SSSR count). The number of likely N-dealkylation sites (N-methyl/N-ethyl adjacent to an activating group) is 1. The predicted molar refractivity (Wildman–Crippen MR) is 77.2 cm³/mol. The highest BCUT2D eigenvalue weighted by atomic mass is 16.3. The maximum atomic E-state index is 5.95. The van der Waals surface area contributed by atoms with Crippen LogP contribution >= 0.6 is 0 Å². The summed E-state index contributed by atoms with van der Waals surface area (Å²) in [5.41, 5.74) is 0. The van der Waals surface area contributed by atoms with Gasteiger partial charge in [0.2, 0.25) is 0 Å². The second-order valence-electron chi connectivity index (χ2n) is 6.24. The zero-order valence-electron chi connectivity index (χ0n) is 12.2. The van der Waals surface area contributed by atoms with Crippen molar-refractivity contribution in [3.63, 3.8) is 0 Å². The molecule has 3 unspecified atom stereocenters. The van der Waals surface area contributed by atoms with E-state index in [2.05, 4.69) is 36.2 Å². The van der Waals surface area contributed by atoms with Crippen molar-refractivity contribution in [2.75, 3.05) is 19.6 Å². The van der Waals surface area contributed by atoms with Crippen LogP contribution in [-0.2, 0) is 6.54 Å². The molecule has 0 amide bonds. The lowest BCUT2D eigenvalue weighted by molar-refractivity contribution is 0.196. The first-order valence-electron chi connectivity index (χ1n) is 7.80. The van der Waals surface area contributed by atoms with Gasteiger partial charge >= 0.3 is 0 Å². The summed E-state index contributed by atoms with van der Waals surface area (Å²) in [5.74, 6) is 3.81. The average molecular weight is 262 g/mol. The second-order valence-corrected chi connectivity index (χ2v) is 6.24. The van der Waals surface area contributed by atoms with Gasteiger partial charge in [0.1, 0.15) is 11.5 Å². The first kappa shape index (κ1) is 13.2. The number of nitrogens with zero attached hydrogens (tertiary/aromatic N) is 1. The van der Waals surface area contributed by atoms with Gasteiger partial charge in [0.15, 0.2) is 0 Å². The Morgan fingerprint density at radius 3 is 3.00 bits per heavy atom. The van der Waals surface area contributed by atoms with E-state index in [0.717, 1.165) is 18.2 Å². The van der Waals surface area contributed by atoms with E-state index in [0.29, 0.717) is 12.0 Å². The molecule has 0 radical (unpaired) electrons. The van der Waals surface area contributed by atoms with E-state index in [4.69, 9.17) is 4.42 Å². The molecule has 1 N–H and O–H groups in total. The van der Waals surface area contributed by atoms with Crippen molar-refractivity contribution in [1.29, 1.82) is 0 Å². The van der Waals surface area contributed by atoms with Crippen LogP contribution in [0.4, 0.5) is 0 Å². The first-order chi connectivity index (χ1) is 9.26. The smallest absolute Gasteiger partial charge is 0.117 e. The monoisotopic (exact) mass is 262 g/mol. The average Bonchev–Trinajstić information content (AvgIpc) is 2.99. The van der Waals surface area contributed by atoms with Gasteiger partial charge in [-0.05, 0) is 50.4 Å². The van der Waals surface area contributed by atoms with Gasteiger partial charge in [0, 0.05) is 18.5 Å². The van der Waals surface area contributed by atoms with Gasteiger partial charge in [0.25, 0.3) is 0 Å². The summed E-state index contributed by atoms with van der Waals surface area (Å²) in [6.45, 7) is 9.04. The maximum Gasteiger partial charge on any atom is 0.117 e. The maximum absolute atomic E-state index is 5.95. The Bertz CT molecular complexity index is 415. The Kier molecular flexibility index (Phi) is 3.94. The quantitative estimate of drug-likeness (QED) is 0.884. The predicted octanol–water partition coefficient (Wildman–Crippen LogP) is 2.98. The summed E-state index contributed by atoms with van der Waals surface area (Å²) in [6.07, 6.45) is 3.91. The fourth-order valence-electron chi connectivity index (χ4n) is 3.16. The largest absolute Gasteiger partial charge is 0.464 e. The Labute approximate surface area is 116 Å². The molecule has 1 aliphatic heterocycles. The summed E-state index contributed by atoms with van der Waals surface area (Å²) >= 11 is 0. The minimum absolute atomic E-state index is 0.627. The molecular weight excluding hydrogens is 236 g/mol. The Hall–Kier alpha value is -0.800. The van der Waals surface area contributed by atoms with Gasteiger partial charge in [-0.2, -0.15) is 0 Å². The summed E-state index contributed by atoms with van der Waals surface area (Å²) in [7, 11) is 0. The van der Waals surface area contributed by atoms with Crippen LogP contribution in [0.2, 0.25) is 0 Å². The molecule has 0 aromatic carbocycles. The molecule has 1 saturated carbocycles. The highest BCUT2D eigenvalue weighted by Gasteiger charge is 2.36. The first-order valence-corrected chi connectivity index (χ1v) is 7.80. The number of hydrogen-bond donors (Lipinski definition) is 1. The molecule has 19 heavy (non-hydrogen) atoms. The topological polar surface area (TPSA) is 28.4 Å². The third kappa shape index (κ3) is 3.21. The van der Waals surface area contributed by atoms with E-state index in [1.54, 1.807) is 0 Å². The summed E-state index contributed by atoms with van der Waals surface area (Å²) < 4.78 is 5.95. The van der Waals surface area contributed by atoms with E-state index in [1.165, 1.54) is 44.7 Å². The van der Waals surface area contributed by atoms with E-state index < -0.39 is 0 Å². The number of nitrogens with one attached hydrogen (secondary N) is 1. The molecule has 0 bridgehead atoms. The molecule has 3 atom stereocenters. The molecule has 1 saturated heterocycles. The third-order valence-corrected chi connectivity index (χ3v) is 4.68. The van der Waals surface area contributed by atoms with Gasteiger partial charge in [-0.15, -0.1) is 0 Å². The van der Waals surface area contributed by atoms with Gasteiger partial charge < -0.3 is 14.6 Å². The van der Waals surface area contributed by atoms with E-state index in [-0.39, 0.29) is 0 Å². The molecule has 106 valence electrons. The lowest BCUT2D eigenvalue weighted by atomic mass is 10.1. The molecule has 2 aliphatic rings. The Morgan fingerprint density at radius 2 is 2.26 bits per heavy atom. The SMILES string of the molecule is CCN1CCCC(NCc2ccc(C3CC3C)o2)C1. The molecule has 2 heterocycles. The van der Waals surface area contributed by atoms with Crippen molar-refractivity contribution in [2.24, 2.45) is 5.92 Å². The van der Waals surface area contributed by atoms with Crippen LogP contribution in [0.3, 0.4) is 0 Å². The van der Waals surface area contributed by atoms with Crippen molar-refractivity contribution in [3.05, 3.63) is 23.7 Å². The van der Waals surface area contributed by atoms with Crippen LogP contribution < -0.4 is 5.32 Å². The second kappa shape index (κ2) is 5.68. The minimum atomic E-state index is 0.627. The van der Waals surface area contributed by atoms with Crippen molar-refractivity contribution in [2.45, 2.75) is 51.6 Å². The van der Waals surface area contributed by atoms with Crippen LogP contribution in [-0.4, -0.2) is 30.6 Å². The molecular formula is C16H26N2O. The van der Waals surface area contributed by atoms with Gasteiger partial charge in [-0.25, -0.2) is 0 Å². The highest BCUT2D eigenvalue weighted by molar-refractivity contribution is 5.17. The number of furan rings is 1. The van der Waals surface area contributed by atoms with Crippen LogP contribution in [0.5, 0.6) is 0 Å². The number of likely N-dealkylation sites (tertiary alicyclic amines) is 1. The van der Waals surface area contributed by atoms with E-state index in [1.807, 2.05) is 0 Å². The Balaban J connectivity index is 1.47. The minimum Gasteiger partial charge on any atom is -0.464 e. The number of piperidine rings is 1. The molecule has 3 nitrogen and oxygen atoms in total. The lowest BCUT2D eigenvalue weighted by Gasteiger charge is -2.32. The number of rotatable bonds is 5. The zero-order valence-corrected chi connectivity index (χ0v) is 12.2. The summed E-state index contributed by atoms with van der Waals surface area (Å²) in [6, 6.07) is 4.94. The molecule has 2 fully saturated rings. The fraction of sp³-hybridized carbons (Fsp3) is 0.750. The Morgan fingerprint density at radius 1 is 1.42 bits per heavy atom. The van der Waals surface area contributed by atoms with Crippen LogP contribution in [0, 0.1) is 5.92 Å². The van der Waals surface area contributed by atoms with Gasteiger partial charge in [-0.1, -0.05) is 13.8 Å². The lowest BCUT2D eigenvalue weighted by Crippen LogP contribution is -2.45. The standard InChI is InChI=1S/C16H26N2O/c1-3-18-8-4-5-13(11-18)17-10-14-6-7-16(19-14)15-9-12(15)2/h6-7,12-13,15,17H,3-5,8-11H2,1-2H3. The molecule has 0 spiro atoms. The third-order valence-electron chi connectivity index (χ3n) is 4.68. The molecule has 1 aromatic heterocycles. The van der Waals surface area contributed by atoms with Crippen LogP contribution in [0.25, 0.3) is 0 Å². The fourth-order valence-corrected chi connectivity index (χ4v) is 3.16. The van der Waals surface area contributed by atoms with Crippen molar-refractivity contribution in [3.8, 4) is 0 Å². The summed E-state index contributed by atoms with van der Waals surface area (Å²) in [5, 5.41) is 3.65. The molecule has 1 aromatic rings. The van der Waals surface area contributed by atoms with E-state index in [9.17, 15) is 0 Å². The van der Waals surface area contributed by atoms with Gasteiger partial charge in [0.05, 0.1) is 6.54 Å². The highest BCUT2D eigenvalue weighted by Crippen LogP contribution is 2.47. The van der Waals surface area contributed by atoms with Crippen LogP contribution in [0.1, 0.15) is 50.5 Å². The molecule has 1 aliphatic carbocycles. The normalized spacial score (nSPS) is 31.6. The van der Waals surface area contributed by atoms with E-state index >= 15 is 0 Å². The number of hydrogen-bond acceptors (Lipinski definition) is 3.